The highest BCUT2D eigenvalue weighted by Crippen LogP contribution is 2.21. The number of rotatable bonds is 15. The molecule has 194 valence electrons. The van der Waals surface area contributed by atoms with Crippen LogP contribution in [-0.2, 0) is 24.0 Å². The summed E-state index contributed by atoms with van der Waals surface area (Å²) in [5.41, 5.74) is 11.3. The molecule has 0 aromatic heterocycles. The highest BCUT2D eigenvalue weighted by molar-refractivity contribution is 5.94. The van der Waals surface area contributed by atoms with Gasteiger partial charge in [-0.2, -0.15) is 0 Å². The number of hydrogen-bond acceptors (Lipinski definition) is 7. The maximum Gasteiger partial charge on any atom is 0.326 e. The number of carbonyl (C=O) groups is 5. The van der Waals surface area contributed by atoms with E-state index in [9.17, 15) is 29.1 Å². The van der Waals surface area contributed by atoms with Crippen molar-refractivity contribution in [3.63, 3.8) is 0 Å². The van der Waals surface area contributed by atoms with E-state index in [1.165, 1.54) is 4.90 Å². The second kappa shape index (κ2) is 14.5. The van der Waals surface area contributed by atoms with Gasteiger partial charge in [0.1, 0.15) is 18.1 Å². The highest BCUT2D eigenvalue weighted by Gasteiger charge is 2.39. The van der Waals surface area contributed by atoms with E-state index in [1.54, 1.807) is 6.92 Å². The van der Waals surface area contributed by atoms with E-state index in [0.29, 0.717) is 45.1 Å². The monoisotopic (exact) mass is 485 g/mol. The van der Waals surface area contributed by atoms with Gasteiger partial charge in [-0.05, 0) is 44.6 Å². The molecule has 1 aliphatic rings. The molecule has 0 aliphatic carbocycles. The molecule has 8 N–H and O–H groups in total. The van der Waals surface area contributed by atoms with E-state index in [2.05, 4.69) is 10.6 Å². The van der Waals surface area contributed by atoms with E-state index >= 15 is 0 Å². The van der Waals surface area contributed by atoms with Gasteiger partial charge in [-0.15, -0.1) is 0 Å². The third-order valence-electron chi connectivity index (χ3n) is 6.18. The largest absolute Gasteiger partial charge is 0.481 e. The van der Waals surface area contributed by atoms with Gasteiger partial charge in [0.25, 0.3) is 0 Å². The van der Waals surface area contributed by atoms with Crippen LogP contribution in [0.4, 0.5) is 0 Å². The second-order valence-corrected chi connectivity index (χ2v) is 8.78. The van der Waals surface area contributed by atoms with Gasteiger partial charge in [-0.3, -0.25) is 19.2 Å². The van der Waals surface area contributed by atoms with Crippen LogP contribution in [-0.4, -0.2) is 82.0 Å². The van der Waals surface area contributed by atoms with E-state index < -0.39 is 53.8 Å². The van der Waals surface area contributed by atoms with E-state index in [4.69, 9.17) is 16.6 Å². The van der Waals surface area contributed by atoms with E-state index in [1.807, 2.05) is 6.92 Å². The van der Waals surface area contributed by atoms with Crippen LogP contribution in [0.2, 0.25) is 0 Å². The summed E-state index contributed by atoms with van der Waals surface area (Å²) < 4.78 is 0. The maximum absolute atomic E-state index is 13.3. The van der Waals surface area contributed by atoms with Crippen molar-refractivity contribution in [3.05, 3.63) is 0 Å². The predicted octanol–water partition coefficient (Wildman–Crippen LogP) is -0.601. The standard InChI is InChI=1S/C22H39N5O7/c1-3-13(2)18(22(33)34)26-20(31)16-8-6-12-27(16)21(32)15(9-10-17(28)29)25-19(30)14(24)7-4-5-11-23/h13-16,18H,3-12,23-24H2,1-2H3,(H,25,30)(H,26,31)(H,28,29)(H,33,34). The van der Waals surface area contributed by atoms with Crippen molar-refractivity contribution in [3.8, 4) is 0 Å². The fourth-order valence-electron chi connectivity index (χ4n) is 3.88. The van der Waals surface area contributed by atoms with Gasteiger partial charge < -0.3 is 37.2 Å². The molecule has 1 aliphatic heterocycles. The van der Waals surface area contributed by atoms with Crippen molar-refractivity contribution in [2.75, 3.05) is 13.1 Å². The highest BCUT2D eigenvalue weighted by atomic mass is 16.4. The first-order valence-corrected chi connectivity index (χ1v) is 11.8. The molecule has 5 unspecified atom stereocenters. The summed E-state index contributed by atoms with van der Waals surface area (Å²) in [7, 11) is 0. The number of hydrogen-bond donors (Lipinski definition) is 6. The van der Waals surface area contributed by atoms with Gasteiger partial charge in [0.2, 0.25) is 17.7 Å². The molecule has 0 aromatic rings. The van der Waals surface area contributed by atoms with Crippen LogP contribution in [0.15, 0.2) is 0 Å². The van der Waals surface area contributed by atoms with Crippen LogP contribution < -0.4 is 22.1 Å². The van der Waals surface area contributed by atoms with Gasteiger partial charge in [0.05, 0.1) is 6.04 Å². The van der Waals surface area contributed by atoms with Crippen molar-refractivity contribution in [1.82, 2.24) is 15.5 Å². The Morgan fingerprint density at radius 2 is 1.76 bits per heavy atom. The van der Waals surface area contributed by atoms with Gasteiger partial charge in [0, 0.05) is 13.0 Å². The number of nitrogens with one attached hydrogen (secondary N) is 2. The minimum Gasteiger partial charge on any atom is -0.481 e. The summed E-state index contributed by atoms with van der Waals surface area (Å²) >= 11 is 0. The van der Waals surface area contributed by atoms with Crippen molar-refractivity contribution >= 4 is 29.7 Å². The first kappa shape index (κ1) is 29.3. The number of amides is 3. The minimum atomic E-state index is -1.16. The Hall–Kier alpha value is -2.73. The number of unbranched alkanes of at least 4 members (excludes halogenated alkanes) is 1. The summed E-state index contributed by atoms with van der Waals surface area (Å²) in [5.74, 6) is -4.35. The topological polar surface area (TPSA) is 205 Å². The molecule has 1 rings (SSSR count). The van der Waals surface area contributed by atoms with Gasteiger partial charge in [-0.25, -0.2) is 4.79 Å². The van der Waals surface area contributed by atoms with E-state index in [-0.39, 0.29) is 25.3 Å². The third kappa shape index (κ3) is 8.90. The molecule has 3 amide bonds. The summed E-state index contributed by atoms with van der Waals surface area (Å²) in [4.78, 5) is 62.6. The third-order valence-corrected chi connectivity index (χ3v) is 6.18. The average molecular weight is 486 g/mol. The SMILES string of the molecule is CCC(C)C(NC(=O)C1CCCN1C(=O)C(CCC(=O)O)NC(=O)C(N)CCCCN)C(=O)O. The Balaban J connectivity index is 2.95. The molecule has 34 heavy (non-hydrogen) atoms. The van der Waals surface area contributed by atoms with Gasteiger partial charge in [0.15, 0.2) is 0 Å². The molecular formula is C22H39N5O7. The van der Waals surface area contributed by atoms with Gasteiger partial charge in [-0.1, -0.05) is 26.7 Å². The van der Waals surface area contributed by atoms with Crippen LogP contribution in [0.1, 0.15) is 65.2 Å². The van der Waals surface area contributed by atoms with Crippen LogP contribution in [0.5, 0.6) is 0 Å². The number of likely N-dealkylation sites (tertiary alicyclic amines) is 1. The van der Waals surface area contributed by atoms with E-state index in [0.717, 1.165) is 0 Å². The number of carbonyl (C=O) groups excluding carboxylic acids is 3. The number of aliphatic carboxylic acids is 2. The van der Waals surface area contributed by atoms with Crippen molar-refractivity contribution in [1.29, 1.82) is 0 Å². The lowest BCUT2D eigenvalue weighted by Crippen LogP contribution is -2.57. The Bertz CT molecular complexity index is 732. The molecule has 5 atom stereocenters. The van der Waals surface area contributed by atoms with Crippen molar-refractivity contribution in [2.24, 2.45) is 17.4 Å². The quantitative estimate of drug-likeness (QED) is 0.163. The molecule has 12 heteroatoms. The van der Waals surface area contributed by atoms with Crippen LogP contribution in [0.3, 0.4) is 0 Å². The van der Waals surface area contributed by atoms with Crippen molar-refractivity contribution in [2.45, 2.75) is 89.4 Å². The van der Waals surface area contributed by atoms with Crippen LogP contribution >= 0.6 is 0 Å². The summed E-state index contributed by atoms with van der Waals surface area (Å²) in [6, 6.07) is -4.04. The second-order valence-electron chi connectivity index (χ2n) is 8.78. The summed E-state index contributed by atoms with van der Waals surface area (Å²) in [5, 5.41) is 23.6. The Morgan fingerprint density at radius 1 is 1.09 bits per heavy atom. The lowest BCUT2D eigenvalue weighted by Gasteiger charge is -2.30. The Morgan fingerprint density at radius 3 is 2.32 bits per heavy atom. The lowest BCUT2D eigenvalue weighted by molar-refractivity contribution is -0.146. The number of carboxylic acid groups (broad SMARTS) is 2. The molecule has 1 saturated heterocycles. The first-order chi connectivity index (χ1) is 16.0. The fraction of sp³-hybridized carbons (Fsp3) is 0.773. The smallest absolute Gasteiger partial charge is 0.326 e. The minimum absolute atomic E-state index is 0.162. The zero-order valence-corrected chi connectivity index (χ0v) is 20.0. The molecule has 12 nitrogen and oxygen atoms in total. The Labute approximate surface area is 199 Å². The van der Waals surface area contributed by atoms with Crippen LogP contribution in [0, 0.1) is 5.92 Å². The molecule has 0 aromatic carbocycles. The predicted molar refractivity (Wildman–Crippen MR) is 123 cm³/mol. The molecule has 0 saturated carbocycles. The number of nitrogens with two attached hydrogens (primary N) is 2. The van der Waals surface area contributed by atoms with Gasteiger partial charge >= 0.3 is 11.9 Å². The summed E-state index contributed by atoms with van der Waals surface area (Å²) in [6.07, 6.45) is 2.56. The molecule has 1 fully saturated rings. The molecule has 0 bridgehead atoms. The molecule has 1 heterocycles. The fourth-order valence-corrected chi connectivity index (χ4v) is 3.88. The van der Waals surface area contributed by atoms with Crippen molar-refractivity contribution < 1.29 is 34.2 Å². The maximum atomic E-state index is 13.3. The number of carboxylic acids is 2. The number of nitrogens with zero attached hydrogens (tertiary/aromatic N) is 1. The van der Waals surface area contributed by atoms with Crippen LogP contribution in [0.25, 0.3) is 0 Å². The molecular weight excluding hydrogens is 446 g/mol. The average Bonchev–Trinajstić information content (AvgIpc) is 3.28. The normalized spacial score (nSPS) is 19.1. The summed E-state index contributed by atoms with van der Waals surface area (Å²) in [6.45, 7) is 4.23. The lowest BCUT2D eigenvalue weighted by atomic mass is 9.98. The molecule has 0 spiro atoms. The zero-order valence-electron chi connectivity index (χ0n) is 20.0. The zero-order chi connectivity index (χ0) is 25.8. The molecule has 0 radical (unpaired) electrons. The first-order valence-electron chi connectivity index (χ1n) is 11.8. The Kier molecular flexibility index (Phi) is 12.5.